The molecule has 1 aromatic carbocycles. The maximum Gasteiger partial charge on any atom is 0.154 e. The van der Waals surface area contributed by atoms with E-state index in [9.17, 15) is 0 Å². The van der Waals surface area contributed by atoms with Gasteiger partial charge in [-0.3, -0.25) is 4.98 Å². The lowest BCUT2D eigenvalue weighted by atomic mass is 10.0. The quantitative estimate of drug-likeness (QED) is 0.591. The lowest BCUT2D eigenvalue weighted by Crippen LogP contribution is -2.39. The Morgan fingerprint density at radius 3 is 2.46 bits per heavy atom. The van der Waals surface area contributed by atoms with Crippen LogP contribution in [-0.2, 0) is 0 Å². The van der Waals surface area contributed by atoms with Crippen LogP contribution >= 0.6 is 0 Å². The molecule has 0 spiro atoms. The van der Waals surface area contributed by atoms with Crippen molar-refractivity contribution < 1.29 is 0 Å². The summed E-state index contributed by atoms with van der Waals surface area (Å²) in [5.41, 5.74) is 4.18. The summed E-state index contributed by atoms with van der Waals surface area (Å²) in [6.07, 6.45) is 7.62. The minimum atomic E-state index is 0.429. The molecule has 140 valence electrons. The number of hydrogen-bond donors (Lipinski definition) is 1. The van der Waals surface area contributed by atoms with Crippen LogP contribution in [0.4, 0.5) is 11.5 Å². The number of piperidine rings is 1. The lowest BCUT2D eigenvalue weighted by Gasteiger charge is -2.34. The minimum Gasteiger partial charge on any atom is -0.371 e. The molecule has 0 aliphatic carbocycles. The highest BCUT2D eigenvalue weighted by Crippen LogP contribution is 2.23. The molecule has 0 unspecified atom stereocenters. The van der Waals surface area contributed by atoms with Crippen molar-refractivity contribution in [3.63, 3.8) is 0 Å². The van der Waals surface area contributed by atoms with Gasteiger partial charge in [-0.25, -0.2) is 9.50 Å². The molecule has 1 N–H and O–H groups in total. The van der Waals surface area contributed by atoms with Crippen LogP contribution in [0.1, 0.15) is 12.8 Å². The van der Waals surface area contributed by atoms with Gasteiger partial charge in [-0.1, -0.05) is 18.2 Å². The van der Waals surface area contributed by atoms with E-state index in [0.717, 1.165) is 48.7 Å². The van der Waals surface area contributed by atoms with E-state index in [1.165, 1.54) is 5.69 Å². The molecule has 28 heavy (non-hydrogen) atoms. The topological polar surface area (TPSA) is 58.3 Å². The third-order valence-corrected chi connectivity index (χ3v) is 5.31. The second-order valence-electron chi connectivity index (χ2n) is 7.11. The molecule has 0 amide bonds. The Morgan fingerprint density at radius 1 is 0.893 bits per heavy atom. The number of anilines is 2. The smallest absolute Gasteiger partial charge is 0.154 e. The number of aromatic nitrogens is 4. The predicted octanol–water partition coefficient (Wildman–Crippen LogP) is 3.87. The molecule has 3 aromatic heterocycles. The summed E-state index contributed by atoms with van der Waals surface area (Å²) < 4.78 is 1.90. The van der Waals surface area contributed by atoms with Crippen LogP contribution in [0, 0.1) is 0 Å². The van der Waals surface area contributed by atoms with E-state index in [1.54, 1.807) is 12.4 Å². The standard InChI is InChI=1S/C22H22N6/c1-2-4-19(5-3-1)27-14-10-18(11-15-27)25-21-6-7-22-24-16-20(28(22)26-21)17-8-12-23-13-9-17/h1-9,12-13,16,18H,10-11,14-15H2,(H,25,26). The highest BCUT2D eigenvalue weighted by Gasteiger charge is 2.20. The summed E-state index contributed by atoms with van der Waals surface area (Å²) in [6.45, 7) is 2.11. The molecule has 0 atom stereocenters. The zero-order valence-corrected chi connectivity index (χ0v) is 15.6. The van der Waals surface area contributed by atoms with E-state index in [1.807, 2.05) is 35.0 Å². The Labute approximate surface area is 163 Å². The molecule has 1 aliphatic heterocycles. The van der Waals surface area contributed by atoms with Crippen molar-refractivity contribution in [3.05, 3.63) is 73.2 Å². The van der Waals surface area contributed by atoms with Gasteiger partial charge in [0.1, 0.15) is 5.82 Å². The summed E-state index contributed by atoms with van der Waals surface area (Å²) in [7, 11) is 0. The van der Waals surface area contributed by atoms with Crippen molar-refractivity contribution in [2.75, 3.05) is 23.3 Å². The van der Waals surface area contributed by atoms with Gasteiger partial charge in [0.05, 0.1) is 11.9 Å². The number of benzene rings is 1. The normalized spacial score (nSPS) is 15.1. The molecule has 0 saturated carbocycles. The Balaban J connectivity index is 1.31. The van der Waals surface area contributed by atoms with Crippen molar-refractivity contribution in [3.8, 4) is 11.3 Å². The van der Waals surface area contributed by atoms with Gasteiger partial charge >= 0.3 is 0 Å². The van der Waals surface area contributed by atoms with Crippen LogP contribution in [-0.4, -0.2) is 38.7 Å². The first-order chi connectivity index (χ1) is 13.9. The largest absolute Gasteiger partial charge is 0.371 e. The summed E-state index contributed by atoms with van der Waals surface area (Å²) in [5.74, 6) is 0.888. The second kappa shape index (κ2) is 7.31. The van der Waals surface area contributed by atoms with E-state index in [-0.39, 0.29) is 0 Å². The average molecular weight is 370 g/mol. The van der Waals surface area contributed by atoms with Crippen LogP contribution in [0.3, 0.4) is 0 Å². The zero-order valence-electron chi connectivity index (χ0n) is 15.6. The molecule has 0 radical (unpaired) electrons. The van der Waals surface area contributed by atoms with Crippen molar-refractivity contribution in [2.24, 2.45) is 0 Å². The van der Waals surface area contributed by atoms with Gasteiger partial charge in [-0.15, -0.1) is 5.10 Å². The lowest BCUT2D eigenvalue weighted by molar-refractivity contribution is 0.524. The van der Waals surface area contributed by atoms with Gasteiger partial charge in [0.2, 0.25) is 0 Å². The van der Waals surface area contributed by atoms with Crippen molar-refractivity contribution in [1.29, 1.82) is 0 Å². The first-order valence-corrected chi connectivity index (χ1v) is 9.68. The molecular formula is C22H22N6. The number of pyridine rings is 1. The Morgan fingerprint density at radius 2 is 1.68 bits per heavy atom. The molecule has 1 fully saturated rings. The Hall–Kier alpha value is -3.41. The van der Waals surface area contributed by atoms with Gasteiger partial charge in [-0.2, -0.15) is 0 Å². The van der Waals surface area contributed by atoms with Crippen LogP contribution < -0.4 is 10.2 Å². The third kappa shape index (κ3) is 3.29. The predicted molar refractivity (Wildman–Crippen MR) is 112 cm³/mol. The van der Waals surface area contributed by atoms with Gasteiger partial charge in [0.25, 0.3) is 0 Å². The van der Waals surface area contributed by atoms with E-state index in [0.29, 0.717) is 6.04 Å². The third-order valence-electron chi connectivity index (χ3n) is 5.31. The fraction of sp³-hybridized carbons (Fsp3) is 0.227. The number of nitrogens with zero attached hydrogens (tertiary/aromatic N) is 5. The molecule has 1 aliphatic rings. The van der Waals surface area contributed by atoms with Crippen molar-refractivity contribution >= 4 is 17.2 Å². The number of fused-ring (bicyclic) bond motifs is 1. The molecule has 6 heteroatoms. The van der Waals surface area contributed by atoms with Crippen LogP contribution in [0.25, 0.3) is 16.9 Å². The Bertz CT molecular complexity index is 1050. The number of hydrogen-bond acceptors (Lipinski definition) is 5. The first-order valence-electron chi connectivity index (χ1n) is 9.68. The summed E-state index contributed by atoms with van der Waals surface area (Å²) in [6, 6.07) is 19.0. The van der Waals surface area contributed by atoms with Crippen LogP contribution in [0.15, 0.2) is 73.2 Å². The van der Waals surface area contributed by atoms with E-state index >= 15 is 0 Å². The van der Waals surface area contributed by atoms with Gasteiger partial charge < -0.3 is 10.2 Å². The Kier molecular flexibility index (Phi) is 4.37. The molecule has 5 rings (SSSR count). The van der Waals surface area contributed by atoms with E-state index in [4.69, 9.17) is 5.10 Å². The fourth-order valence-corrected chi connectivity index (χ4v) is 3.80. The monoisotopic (exact) mass is 370 g/mol. The minimum absolute atomic E-state index is 0.429. The zero-order chi connectivity index (χ0) is 18.8. The SMILES string of the molecule is c1ccc(N2CCC(Nc3ccc4ncc(-c5ccncc5)n4n3)CC2)cc1. The number of para-hydroxylation sites is 1. The second-order valence-corrected chi connectivity index (χ2v) is 7.11. The first kappa shape index (κ1) is 16.7. The average Bonchev–Trinajstić information content (AvgIpc) is 3.19. The summed E-state index contributed by atoms with van der Waals surface area (Å²) in [4.78, 5) is 11.0. The van der Waals surface area contributed by atoms with Gasteiger partial charge in [0, 0.05) is 42.8 Å². The summed E-state index contributed by atoms with van der Waals surface area (Å²) >= 11 is 0. The molecule has 1 saturated heterocycles. The molecule has 4 heterocycles. The van der Waals surface area contributed by atoms with Crippen LogP contribution in [0.2, 0.25) is 0 Å². The maximum atomic E-state index is 4.79. The number of imidazole rings is 1. The highest BCUT2D eigenvalue weighted by atomic mass is 15.3. The molecule has 4 aromatic rings. The van der Waals surface area contributed by atoms with E-state index in [2.05, 4.69) is 50.5 Å². The van der Waals surface area contributed by atoms with Crippen molar-refractivity contribution in [1.82, 2.24) is 19.6 Å². The number of rotatable bonds is 4. The maximum absolute atomic E-state index is 4.79. The van der Waals surface area contributed by atoms with E-state index < -0.39 is 0 Å². The molecular weight excluding hydrogens is 348 g/mol. The van der Waals surface area contributed by atoms with Crippen LogP contribution in [0.5, 0.6) is 0 Å². The van der Waals surface area contributed by atoms with Crippen molar-refractivity contribution in [2.45, 2.75) is 18.9 Å². The molecule has 6 nitrogen and oxygen atoms in total. The number of nitrogens with one attached hydrogen (secondary N) is 1. The summed E-state index contributed by atoms with van der Waals surface area (Å²) in [5, 5.41) is 8.41. The van der Waals surface area contributed by atoms with Gasteiger partial charge in [0.15, 0.2) is 5.65 Å². The molecule has 0 bridgehead atoms. The fourth-order valence-electron chi connectivity index (χ4n) is 3.80. The highest BCUT2D eigenvalue weighted by molar-refractivity contribution is 5.63. The van der Waals surface area contributed by atoms with Gasteiger partial charge in [-0.05, 0) is 49.2 Å².